The third-order valence-electron chi connectivity index (χ3n) is 4.84. The molecule has 0 saturated carbocycles. The normalized spacial score (nSPS) is 11.0. The largest absolute Gasteiger partial charge is 0.449 e. The van der Waals surface area contributed by atoms with Crippen LogP contribution in [-0.4, -0.2) is 37.5 Å². The van der Waals surface area contributed by atoms with Crippen LogP contribution in [0.1, 0.15) is 43.2 Å². The highest BCUT2D eigenvalue weighted by Gasteiger charge is 2.24. The van der Waals surface area contributed by atoms with Crippen molar-refractivity contribution in [2.45, 2.75) is 32.6 Å². The maximum Gasteiger partial charge on any atom is 0.412 e. The lowest BCUT2D eigenvalue weighted by Gasteiger charge is -2.14. The summed E-state index contributed by atoms with van der Waals surface area (Å²) >= 11 is 0. The number of fused-ring (bicyclic) bond motifs is 2. The van der Waals surface area contributed by atoms with Crippen LogP contribution in [-0.2, 0) is 4.79 Å². The number of hydrogen-bond acceptors (Lipinski definition) is 8. The minimum atomic E-state index is -0.683. The Kier molecular flexibility index (Phi) is 7.80. The molecule has 0 radical (unpaired) electrons. The van der Waals surface area contributed by atoms with Crippen LogP contribution < -0.4 is 26.3 Å². The van der Waals surface area contributed by atoms with Gasteiger partial charge in [-0.1, -0.05) is 24.3 Å². The average Bonchev–Trinajstić information content (AvgIpc) is 3.22. The summed E-state index contributed by atoms with van der Waals surface area (Å²) < 4.78 is 17.0. The van der Waals surface area contributed by atoms with Gasteiger partial charge in [0.25, 0.3) is 0 Å². The van der Waals surface area contributed by atoms with E-state index >= 15 is 0 Å². The number of unbranched alkanes of at least 4 members (excludes halogenated alkanes) is 1. The highest BCUT2D eigenvalue weighted by molar-refractivity contribution is 6.12. The number of carbonyl (C=O) groups is 3. The standard InChI is InChI=1S/C23H27N3O6/c1-14(27)18-13-17-20(31-19(28)9-4-5-10-24)15-7-2-3-8-16(15)21(22(17)30-18)32-23(29)26-12-6-11-25/h2-3,7-8,13H,4-6,9-12,24-25H2,1H3,(H,26,29). The Morgan fingerprint density at radius 1 is 0.938 bits per heavy atom. The molecule has 0 saturated heterocycles. The van der Waals surface area contributed by atoms with E-state index in [4.69, 9.17) is 25.4 Å². The maximum atomic E-state index is 12.5. The molecule has 0 unspecified atom stereocenters. The van der Waals surface area contributed by atoms with Gasteiger partial charge in [0.2, 0.25) is 0 Å². The Labute approximate surface area is 185 Å². The molecule has 0 fully saturated rings. The van der Waals surface area contributed by atoms with Crippen molar-refractivity contribution in [3.05, 3.63) is 36.1 Å². The monoisotopic (exact) mass is 441 g/mol. The molecular weight excluding hydrogens is 414 g/mol. The summed E-state index contributed by atoms with van der Waals surface area (Å²) in [6.45, 7) is 2.63. The summed E-state index contributed by atoms with van der Waals surface area (Å²) in [5, 5.41) is 4.04. The molecule has 0 aliphatic carbocycles. The molecule has 1 heterocycles. The van der Waals surface area contributed by atoms with Crippen LogP contribution in [0.5, 0.6) is 11.5 Å². The molecule has 1 aromatic heterocycles. The van der Waals surface area contributed by atoms with Crippen LogP contribution in [0.3, 0.4) is 0 Å². The third kappa shape index (κ3) is 5.24. The van der Waals surface area contributed by atoms with E-state index in [1.54, 1.807) is 24.3 Å². The highest BCUT2D eigenvalue weighted by Crippen LogP contribution is 2.44. The van der Waals surface area contributed by atoms with Crippen LogP contribution >= 0.6 is 0 Å². The predicted octanol–water partition coefficient (Wildman–Crippen LogP) is 3.26. The maximum absolute atomic E-state index is 12.5. The Hall–Kier alpha value is -3.43. The molecule has 2 aromatic carbocycles. The van der Waals surface area contributed by atoms with Crippen molar-refractivity contribution >= 4 is 39.6 Å². The van der Waals surface area contributed by atoms with Gasteiger partial charge < -0.3 is 30.7 Å². The molecule has 0 aliphatic heterocycles. The summed E-state index contributed by atoms with van der Waals surface area (Å²) in [7, 11) is 0. The average molecular weight is 441 g/mol. The fraction of sp³-hybridized carbons (Fsp3) is 0.348. The Balaban J connectivity index is 2.10. The minimum Gasteiger partial charge on any atom is -0.449 e. The van der Waals surface area contributed by atoms with Gasteiger partial charge in [-0.3, -0.25) is 9.59 Å². The number of Topliss-reactive ketones (excluding diaryl/α,β-unsaturated/α-hetero) is 1. The van der Waals surface area contributed by atoms with Crippen LogP contribution in [0, 0.1) is 0 Å². The second-order valence-corrected chi connectivity index (χ2v) is 7.29. The van der Waals surface area contributed by atoms with Crippen LogP contribution in [0.25, 0.3) is 21.7 Å². The summed E-state index contributed by atoms with van der Waals surface area (Å²) in [6.07, 6.45) is 1.42. The van der Waals surface area contributed by atoms with E-state index in [9.17, 15) is 14.4 Å². The molecule has 170 valence electrons. The SMILES string of the molecule is CC(=O)c1cc2c(OC(=O)CCCCN)c3ccccc3c(OC(=O)NCCCN)c2o1. The van der Waals surface area contributed by atoms with Gasteiger partial charge in [0.15, 0.2) is 22.9 Å². The number of rotatable bonds is 10. The van der Waals surface area contributed by atoms with E-state index < -0.39 is 12.1 Å². The van der Waals surface area contributed by atoms with Crippen molar-refractivity contribution < 1.29 is 28.3 Å². The first-order valence-corrected chi connectivity index (χ1v) is 10.5. The second-order valence-electron chi connectivity index (χ2n) is 7.29. The number of hydrogen-bond donors (Lipinski definition) is 3. The van der Waals surface area contributed by atoms with Crippen molar-refractivity contribution in [2.75, 3.05) is 19.6 Å². The quantitative estimate of drug-likeness (QED) is 0.188. The van der Waals surface area contributed by atoms with E-state index in [0.29, 0.717) is 55.1 Å². The molecule has 9 heteroatoms. The highest BCUT2D eigenvalue weighted by atomic mass is 16.6. The van der Waals surface area contributed by atoms with Gasteiger partial charge >= 0.3 is 12.1 Å². The van der Waals surface area contributed by atoms with Crippen LogP contribution in [0.4, 0.5) is 4.79 Å². The molecule has 0 aliphatic rings. The van der Waals surface area contributed by atoms with Gasteiger partial charge in [-0.25, -0.2) is 4.79 Å². The number of furan rings is 1. The topological polar surface area (TPSA) is 147 Å². The number of ether oxygens (including phenoxy) is 2. The van der Waals surface area contributed by atoms with Gasteiger partial charge in [0, 0.05) is 30.7 Å². The molecule has 0 bridgehead atoms. The lowest BCUT2D eigenvalue weighted by atomic mass is 10.0. The molecule has 32 heavy (non-hydrogen) atoms. The number of ketones is 1. The molecule has 0 spiro atoms. The van der Waals surface area contributed by atoms with Crippen molar-refractivity contribution in [1.82, 2.24) is 5.32 Å². The van der Waals surface area contributed by atoms with Crippen molar-refractivity contribution in [3.63, 3.8) is 0 Å². The lowest BCUT2D eigenvalue weighted by molar-refractivity contribution is -0.134. The molecule has 3 aromatic rings. The fourth-order valence-corrected chi connectivity index (χ4v) is 3.26. The van der Waals surface area contributed by atoms with Crippen molar-refractivity contribution in [3.8, 4) is 11.5 Å². The zero-order valence-electron chi connectivity index (χ0n) is 17.9. The van der Waals surface area contributed by atoms with E-state index in [1.807, 2.05) is 0 Å². The lowest BCUT2D eigenvalue weighted by Crippen LogP contribution is -2.29. The summed E-state index contributed by atoms with van der Waals surface area (Å²) in [4.78, 5) is 36.8. The Morgan fingerprint density at radius 3 is 2.28 bits per heavy atom. The fourth-order valence-electron chi connectivity index (χ4n) is 3.26. The second kappa shape index (κ2) is 10.7. The number of benzene rings is 2. The number of esters is 1. The van der Waals surface area contributed by atoms with Gasteiger partial charge in [-0.2, -0.15) is 0 Å². The minimum absolute atomic E-state index is 0.0594. The van der Waals surface area contributed by atoms with E-state index in [-0.39, 0.29) is 35.0 Å². The molecule has 3 rings (SSSR count). The summed E-state index contributed by atoms with van der Waals surface area (Å²) in [5.41, 5.74) is 11.1. The molecule has 5 N–H and O–H groups in total. The van der Waals surface area contributed by atoms with Gasteiger partial charge in [0.05, 0.1) is 5.39 Å². The molecule has 0 atom stereocenters. The first-order valence-electron chi connectivity index (χ1n) is 10.5. The zero-order chi connectivity index (χ0) is 23.1. The van der Waals surface area contributed by atoms with Gasteiger partial charge in [-0.15, -0.1) is 0 Å². The van der Waals surface area contributed by atoms with E-state index in [0.717, 1.165) is 0 Å². The zero-order valence-corrected chi connectivity index (χ0v) is 17.9. The first kappa shape index (κ1) is 23.2. The Bertz CT molecular complexity index is 1060. The van der Waals surface area contributed by atoms with Crippen LogP contribution in [0.2, 0.25) is 0 Å². The molecular formula is C23H27N3O6. The first-order chi connectivity index (χ1) is 15.5. The molecule has 1 amide bonds. The number of amides is 1. The number of nitrogens with two attached hydrogens (primary N) is 2. The van der Waals surface area contributed by atoms with Gasteiger partial charge in [0.1, 0.15) is 5.75 Å². The smallest absolute Gasteiger partial charge is 0.412 e. The third-order valence-corrected chi connectivity index (χ3v) is 4.84. The predicted molar refractivity (Wildman–Crippen MR) is 120 cm³/mol. The summed E-state index contributed by atoms with van der Waals surface area (Å²) in [6, 6.07) is 8.49. The summed E-state index contributed by atoms with van der Waals surface area (Å²) in [5.74, 6) is -0.298. The van der Waals surface area contributed by atoms with E-state index in [2.05, 4.69) is 5.32 Å². The molecule has 9 nitrogen and oxygen atoms in total. The Morgan fingerprint density at radius 2 is 1.62 bits per heavy atom. The van der Waals surface area contributed by atoms with Crippen LogP contribution in [0.15, 0.2) is 34.7 Å². The van der Waals surface area contributed by atoms with Crippen molar-refractivity contribution in [2.24, 2.45) is 11.5 Å². The van der Waals surface area contributed by atoms with Gasteiger partial charge in [-0.05, 0) is 38.4 Å². The number of carbonyl (C=O) groups excluding carboxylic acids is 3. The number of nitrogens with one attached hydrogen (secondary N) is 1. The van der Waals surface area contributed by atoms with Crippen molar-refractivity contribution in [1.29, 1.82) is 0 Å². The van der Waals surface area contributed by atoms with E-state index in [1.165, 1.54) is 13.0 Å².